The number of nitrogens with one attached hydrogen (secondary N) is 3. The maximum atomic E-state index is 9.60. The standard InChI is InChI=1S/C23H29N9.C5H10O2.C4H11N/c1-23-4-5-31(3)13-18(23)27-19-10-15(11-20(29-19)32-8-6-30(2)7-9-32)26-21-16-12-17(23)28-22(16)25-14-24-21;1-5(2,3)7-4-6;1-4-5(2)3/h10-14H,4-9H2,1-3H3,(H,27,29)(H2,24,25,26,28);4H,1-3H3;4H2,1-3H3. The number of fused-ring (bicyclic) bond motifs is 5. The van der Waals surface area contributed by atoms with Gasteiger partial charge in [0, 0.05) is 75.2 Å². The molecule has 12 nitrogen and oxygen atoms in total. The Kier molecular flexibility index (Phi) is 10.4. The molecule has 3 aliphatic rings. The van der Waals surface area contributed by atoms with Crippen LogP contribution in [0.5, 0.6) is 0 Å². The molecule has 0 aliphatic carbocycles. The molecule has 0 spiro atoms. The molecule has 3 aromatic rings. The van der Waals surface area contributed by atoms with Crippen molar-refractivity contribution in [3.8, 4) is 0 Å². The van der Waals surface area contributed by atoms with Gasteiger partial charge in [-0.2, -0.15) is 0 Å². The van der Waals surface area contributed by atoms with Crippen LogP contribution in [0.25, 0.3) is 11.0 Å². The predicted octanol–water partition coefficient (Wildman–Crippen LogP) is 4.23. The number of carbonyl (C=O) groups is 1. The molecule has 0 saturated carbocycles. The molecule has 3 aromatic heterocycles. The molecule has 1 atom stereocenters. The molecule has 240 valence electrons. The highest BCUT2D eigenvalue weighted by Crippen LogP contribution is 2.41. The van der Waals surface area contributed by atoms with E-state index in [0.717, 1.165) is 91.3 Å². The largest absolute Gasteiger partial charge is 0.462 e. The second-order valence-corrected chi connectivity index (χ2v) is 13.1. The Morgan fingerprint density at radius 2 is 1.75 bits per heavy atom. The van der Waals surface area contributed by atoms with Crippen molar-refractivity contribution in [1.82, 2.24) is 34.6 Å². The lowest BCUT2D eigenvalue weighted by atomic mass is 9.78. The van der Waals surface area contributed by atoms with Gasteiger partial charge in [0.2, 0.25) is 0 Å². The summed E-state index contributed by atoms with van der Waals surface area (Å²) >= 11 is 0. The van der Waals surface area contributed by atoms with E-state index >= 15 is 0 Å². The number of likely N-dealkylation sites (N-methyl/N-ethyl adjacent to an activating group) is 1. The van der Waals surface area contributed by atoms with Gasteiger partial charge in [-0.3, -0.25) is 4.79 Å². The number of anilines is 4. The minimum Gasteiger partial charge on any atom is -0.462 e. The van der Waals surface area contributed by atoms with E-state index in [1.54, 1.807) is 6.33 Å². The Morgan fingerprint density at radius 1 is 1.05 bits per heavy atom. The van der Waals surface area contributed by atoms with E-state index < -0.39 is 0 Å². The summed E-state index contributed by atoms with van der Waals surface area (Å²) in [6, 6.07) is 6.39. The molecule has 1 saturated heterocycles. The van der Waals surface area contributed by atoms with E-state index in [1.165, 1.54) is 0 Å². The molecule has 6 rings (SSSR count). The molecule has 0 aromatic carbocycles. The zero-order chi connectivity index (χ0) is 32.1. The van der Waals surface area contributed by atoms with Crippen LogP contribution < -0.4 is 15.5 Å². The first kappa shape index (κ1) is 33.0. The van der Waals surface area contributed by atoms with Crippen LogP contribution in [0, 0.1) is 0 Å². The number of aromatic amines is 1. The summed E-state index contributed by atoms with van der Waals surface area (Å²) < 4.78 is 4.55. The first-order valence-corrected chi connectivity index (χ1v) is 15.3. The second-order valence-electron chi connectivity index (χ2n) is 13.1. The van der Waals surface area contributed by atoms with Gasteiger partial charge >= 0.3 is 0 Å². The fraction of sp³-hybridized carbons (Fsp3) is 0.562. The number of hydrogen-bond donors (Lipinski definition) is 3. The summed E-state index contributed by atoms with van der Waals surface area (Å²) in [5.41, 5.74) is 3.56. The summed E-state index contributed by atoms with van der Waals surface area (Å²) in [7, 11) is 8.40. The molecule has 12 heteroatoms. The van der Waals surface area contributed by atoms with Crippen LogP contribution in [0.1, 0.15) is 46.7 Å². The normalized spacial score (nSPS) is 19.7. The Morgan fingerprint density at radius 3 is 2.36 bits per heavy atom. The number of aromatic nitrogens is 4. The van der Waals surface area contributed by atoms with Crippen molar-refractivity contribution in [2.45, 2.75) is 52.1 Å². The summed E-state index contributed by atoms with van der Waals surface area (Å²) in [5.74, 6) is 2.63. The Hall–Kier alpha value is -3.90. The number of ether oxygens (including phenoxy) is 1. The van der Waals surface area contributed by atoms with E-state index in [4.69, 9.17) is 4.98 Å². The average Bonchev–Trinajstić information content (AvgIpc) is 3.41. The van der Waals surface area contributed by atoms with E-state index in [0.29, 0.717) is 6.47 Å². The van der Waals surface area contributed by atoms with Crippen molar-refractivity contribution in [3.05, 3.63) is 42.1 Å². The Bertz CT molecular complexity index is 1440. The van der Waals surface area contributed by atoms with E-state index in [-0.39, 0.29) is 11.0 Å². The van der Waals surface area contributed by atoms with Gasteiger partial charge in [0.05, 0.1) is 10.8 Å². The number of hydrogen-bond acceptors (Lipinski definition) is 11. The van der Waals surface area contributed by atoms with E-state index in [1.807, 2.05) is 20.8 Å². The van der Waals surface area contributed by atoms with Crippen LogP contribution >= 0.6 is 0 Å². The van der Waals surface area contributed by atoms with Gasteiger partial charge in [0.15, 0.2) is 0 Å². The fourth-order valence-corrected chi connectivity index (χ4v) is 5.02. The molecule has 3 N–H and O–H groups in total. The summed E-state index contributed by atoms with van der Waals surface area (Å²) in [5, 5.41) is 8.22. The van der Waals surface area contributed by atoms with Gasteiger partial charge in [-0.15, -0.1) is 0 Å². The maximum Gasteiger partial charge on any atom is 0.293 e. The lowest BCUT2D eigenvalue weighted by molar-refractivity contribution is -0.138. The molecule has 6 heterocycles. The number of piperazine rings is 1. The highest BCUT2D eigenvalue weighted by atomic mass is 16.5. The van der Waals surface area contributed by atoms with Gasteiger partial charge in [0.1, 0.15) is 35.0 Å². The quantitative estimate of drug-likeness (QED) is 0.372. The number of carbonyl (C=O) groups excluding carboxylic acids is 1. The topological polar surface area (TPSA) is 118 Å². The number of rotatable bonds is 3. The van der Waals surface area contributed by atoms with Crippen LogP contribution in [0.4, 0.5) is 23.1 Å². The van der Waals surface area contributed by atoms with E-state index in [2.05, 4.69) is 116 Å². The lowest BCUT2D eigenvalue weighted by Crippen LogP contribution is -2.44. The van der Waals surface area contributed by atoms with Gasteiger partial charge in [-0.1, -0.05) is 6.92 Å². The van der Waals surface area contributed by atoms with Gasteiger partial charge in [0.25, 0.3) is 6.47 Å². The Balaban J connectivity index is 0.000000315. The number of nitrogens with zero attached hydrogens (tertiary/aromatic N) is 7. The van der Waals surface area contributed by atoms with Crippen molar-refractivity contribution >= 4 is 40.6 Å². The zero-order valence-corrected chi connectivity index (χ0v) is 27.9. The van der Waals surface area contributed by atoms with Crippen LogP contribution in [0.15, 0.2) is 36.4 Å². The molecule has 0 amide bonds. The van der Waals surface area contributed by atoms with Crippen LogP contribution in [-0.4, -0.2) is 114 Å². The molecule has 1 unspecified atom stereocenters. The zero-order valence-electron chi connectivity index (χ0n) is 27.9. The van der Waals surface area contributed by atoms with Gasteiger partial charge in [-0.25, -0.2) is 15.0 Å². The third-order valence-corrected chi connectivity index (χ3v) is 8.13. The van der Waals surface area contributed by atoms with Crippen molar-refractivity contribution in [2.75, 3.05) is 83.0 Å². The van der Waals surface area contributed by atoms with Crippen LogP contribution in [-0.2, 0) is 14.9 Å². The van der Waals surface area contributed by atoms with Crippen molar-refractivity contribution in [1.29, 1.82) is 0 Å². The van der Waals surface area contributed by atoms with Gasteiger partial charge < -0.3 is 40.0 Å². The molecule has 4 bridgehead atoms. The maximum absolute atomic E-state index is 9.60. The summed E-state index contributed by atoms with van der Waals surface area (Å²) in [6.07, 6.45) is 4.80. The molecule has 0 radical (unpaired) electrons. The van der Waals surface area contributed by atoms with Crippen molar-refractivity contribution in [3.63, 3.8) is 0 Å². The summed E-state index contributed by atoms with van der Waals surface area (Å²) in [6.45, 7) is 16.5. The first-order chi connectivity index (χ1) is 20.8. The highest BCUT2D eigenvalue weighted by molar-refractivity contribution is 5.90. The molecule has 44 heavy (non-hydrogen) atoms. The smallest absolute Gasteiger partial charge is 0.293 e. The second kappa shape index (κ2) is 13.8. The average molecular weight is 607 g/mol. The number of allylic oxidation sites excluding steroid dienone is 1. The third kappa shape index (κ3) is 8.17. The minimum atomic E-state index is -0.318. The predicted molar refractivity (Wildman–Crippen MR) is 179 cm³/mol. The third-order valence-electron chi connectivity index (χ3n) is 8.13. The van der Waals surface area contributed by atoms with Gasteiger partial charge in [-0.05, 0) is 67.9 Å². The monoisotopic (exact) mass is 606 g/mol. The highest BCUT2D eigenvalue weighted by Gasteiger charge is 2.37. The number of pyridine rings is 1. The molecular weight excluding hydrogens is 556 g/mol. The molecule has 1 fully saturated rings. The summed E-state index contributed by atoms with van der Waals surface area (Å²) in [4.78, 5) is 36.3. The fourth-order valence-electron chi connectivity index (χ4n) is 5.02. The van der Waals surface area contributed by atoms with Crippen molar-refractivity contribution in [2.24, 2.45) is 0 Å². The van der Waals surface area contributed by atoms with Crippen LogP contribution in [0.3, 0.4) is 0 Å². The molecule has 3 aliphatic heterocycles. The minimum absolute atomic E-state index is 0.208. The molecular formula is C32H50N10O2. The first-order valence-electron chi connectivity index (χ1n) is 15.3. The van der Waals surface area contributed by atoms with Crippen molar-refractivity contribution < 1.29 is 9.53 Å². The SMILES string of the molecule is CC(C)(C)OC=O.CCN(C)C.CN1C=C2Nc3cc(cc(N4CCN(C)CC4)n3)Nc3ncnc4[nH]c(cc34)C2(C)CC1. The Labute approximate surface area is 261 Å². The van der Waals surface area contributed by atoms with Crippen LogP contribution in [0.2, 0.25) is 0 Å². The number of H-pyrrole nitrogens is 1. The lowest BCUT2D eigenvalue weighted by Gasteiger charge is -2.39. The van der Waals surface area contributed by atoms with E-state index in [9.17, 15) is 4.79 Å².